The fraction of sp³-hybridized carbons (Fsp3) is 0.533. The summed E-state index contributed by atoms with van der Waals surface area (Å²) in [6.07, 6.45) is 6.25. The van der Waals surface area contributed by atoms with Crippen LogP contribution in [0.25, 0.3) is 0 Å². The lowest BCUT2D eigenvalue weighted by atomic mass is 9.96. The Morgan fingerprint density at radius 2 is 1.81 bits per heavy atom. The zero-order valence-corrected chi connectivity index (χ0v) is 12.8. The van der Waals surface area contributed by atoms with Crippen LogP contribution in [0.3, 0.4) is 0 Å². The first-order valence-corrected chi connectivity index (χ1v) is 8.45. The first-order valence-electron chi connectivity index (χ1n) is 7.46. The molecule has 1 fully saturated rings. The molecule has 6 heteroatoms. The predicted molar refractivity (Wildman–Crippen MR) is 81.9 cm³/mol. The Morgan fingerprint density at radius 3 is 2.52 bits per heavy atom. The summed E-state index contributed by atoms with van der Waals surface area (Å²) in [5, 5.41) is 22.2. The van der Waals surface area contributed by atoms with Crippen molar-refractivity contribution in [1.29, 1.82) is 0 Å². The van der Waals surface area contributed by atoms with Gasteiger partial charge in [0.2, 0.25) is 5.16 Å². The number of aliphatic hydroxyl groups excluding tert-OH is 1. The Bertz CT molecular complexity index is 563. The van der Waals surface area contributed by atoms with Crippen molar-refractivity contribution in [3.8, 4) is 0 Å². The maximum atomic E-state index is 9.05. The minimum absolute atomic E-state index is 0.0906. The first-order chi connectivity index (χ1) is 10.4. The van der Waals surface area contributed by atoms with Gasteiger partial charge < -0.3 is 5.11 Å². The van der Waals surface area contributed by atoms with E-state index in [-0.39, 0.29) is 6.61 Å². The molecule has 0 bridgehead atoms. The van der Waals surface area contributed by atoms with E-state index in [0.717, 1.165) is 16.5 Å². The summed E-state index contributed by atoms with van der Waals surface area (Å²) in [7, 11) is 0. The van der Waals surface area contributed by atoms with E-state index < -0.39 is 0 Å². The summed E-state index contributed by atoms with van der Waals surface area (Å²) >= 11 is 1.68. The maximum absolute atomic E-state index is 9.05. The number of thioether (sulfide) groups is 1. The van der Waals surface area contributed by atoms with Crippen LogP contribution in [0.1, 0.15) is 49.3 Å². The molecule has 112 valence electrons. The van der Waals surface area contributed by atoms with E-state index in [1.807, 2.05) is 28.9 Å². The molecule has 3 rings (SSSR count). The molecule has 1 aromatic carbocycles. The van der Waals surface area contributed by atoms with Crippen molar-refractivity contribution >= 4 is 11.8 Å². The summed E-state index contributed by atoms with van der Waals surface area (Å²) in [6.45, 7) is 0.0906. The van der Waals surface area contributed by atoms with Crippen LogP contribution in [0, 0.1) is 0 Å². The van der Waals surface area contributed by atoms with Gasteiger partial charge in [0, 0.05) is 5.75 Å². The lowest BCUT2D eigenvalue weighted by Gasteiger charge is -2.21. The number of hydrogen-bond donors (Lipinski definition) is 1. The minimum atomic E-state index is 0.0906. The third-order valence-corrected chi connectivity index (χ3v) is 4.96. The predicted octanol–water partition coefficient (Wildman–Crippen LogP) is 2.96. The van der Waals surface area contributed by atoms with Gasteiger partial charge in [-0.1, -0.05) is 55.3 Å². The molecule has 0 spiro atoms. The van der Waals surface area contributed by atoms with Gasteiger partial charge in [0.25, 0.3) is 0 Å². The molecule has 1 aliphatic carbocycles. The van der Waals surface area contributed by atoms with Crippen LogP contribution in [-0.4, -0.2) is 25.3 Å². The molecule has 1 aliphatic rings. The second kappa shape index (κ2) is 7.04. The van der Waals surface area contributed by atoms with Gasteiger partial charge in [0.05, 0.1) is 12.6 Å². The van der Waals surface area contributed by atoms with Crippen LogP contribution >= 0.6 is 11.8 Å². The van der Waals surface area contributed by atoms with E-state index in [1.165, 1.54) is 37.7 Å². The summed E-state index contributed by atoms with van der Waals surface area (Å²) in [4.78, 5) is 0. The number of aromatic nitrogens is 4. The van der Waals surface area contributed by atoms with Crippen LogP contribution in [0.2, 0.25) is 0 Å². The molecule has 2 aromatic rings. The minimum Gasteiger partial charge on any atom is -0.392 e. The van der Waals surface area contributed by atoms with E-state index in [2.05, 4.69) is 15.5 Å². The molecule has 0 atom stereocenters. The molecule has 0 unspecified atom stereocenters. The van der Waals surface area contributed by atoms with Gasteiger partial charge in [0.15, 0.2) is 0 Å². The molecular formula is C15H20N4OS. The molecule has 0 aliphatic heterocycles. The van der Waals surface area contributed by atoms with Gasteiger partial charge in [0.1, 0.15) is 0 Å². The molecule has 0 saturated heterocycles. The molecule has 1 N–H and O–H groups in total. The van der Waals surface area contributed by atoms with E-state index in [4.69, 9.17) is 5.11 Å². The summed E-state index contributed by atoms with van der Waals surface area (Å²) in [6, 6.07) is 8.48. The van der Waals surface area contributed by atoms with Crippen molar-refractivity contribution in [1.82, 2.24) is 20.2 Å². The van der Waals surface area contributed by atoms with Gasteiger partial charge in [-0.2, -0.15) is 0 Å². The quantitative estimate of drug-likeness (QED) is 0.860. The average molecular weight is 304 g/mol. The zero-order valence-electron chi connectivity index (χ0n) is 12.0. The van der Waals surface area contributed by atoms with Crippen LogP contribution in [-0.2, 0) is 12.4 Å². The Hall–Kier alpha value is -1.40. The van der Waals surface area contributed by atoms with Crippen molar-refractivity contribution in [2.75, 3.05) is 0 Å². The summed E-state index contributed by atoms with van der Waals surface area (Å²) < 4.78 is 2.01. The van der Waals surface area contributed by atoms with Gasteiger partial charge in [-0.05, 0) is 34.4 Å². The molecule has 5 nitrogen and oxygen atoms in total. The molecule has 21 heavy (non-hydrogen) atoms. The average Bonchev–Trinajstić information content (AvgIpc) is 3.03. The molecular weight excluding hydrogens is 284 g/mol. The first kappa shape index (κ1) is 14.5. The highest BCUT2D eigenvalue weighted by Crippen LogP contribution is 2.31. The number of tetrazole rings is 1. The fourth-order valence-electron chi connectivity index (χ4n) is 2.72. The van der Waals surface area contributed by atoms with Gasteiger partial charge in [-0.3, -0.25) is 0 Å². The third kappa shape index (κ3) is 3.63. The number of benzene rings is 1. The molecule has 1 saturated carbocycles. The highest BCUT2D eigenvalue weighted by atomic mass is 32.2. The lowest BCUT2D eigenvalue weighted by Crippen LogP contribution is -2.15. The second-order valence-electron chi connectivity index (χ2n) is 5.46. The molecule has 1 heterocycles. The van der Waals surface area contributed by atoms with Gasteiger partial charge in [-0.15, -0.1) is 5.10 Å². The normalized spacial score (nSPS) is 16.2. The third-order valence-electron chi connectivity index (χ3n) is 3.96. The topological polar surface area (TPSA) is 63.8 Å². The smallest absolute Gasteiger partial charge is 0.209 e. The number of aliphatic hydroxyl groups is 1. The zero-order chi connectivity index (χ0) is 14.5. The van der Waals surface area contributed by atoms with Crippen LogP contribution < -0.4 is 0 Å². The van der Waals surface area contributed by atoms with Gasteiger partial charge in [-0.25, -0.2) is 4.68 Å². The highest BCUT2D eigenvalue weighted by molar-refractivity contribution is 7.98. The fourth-order valence-corrected chi connectivity index (χ4v) is 3.62. The van der Waals surface area contributed by atoms with Crippen molar-refractivity contribution < 1.29 is 5.11 Å². The Kier molecular flexibility index (Phi) is 4.87. The molecule has 1 aromatic heterocycles. The molecule has 0 amide bonds. The Morgan fingerprint density at radius 1 is 1.10 bits per heavy atom. The summed E-state index contributed by atoms with van der Waals surface area (Å²) in [5.41, 5.74) is 2.16. The van der Waals surface area contributed by atoms with Crippen molar-refractivity contribution in [2.45, 2.75) is 55.7 Å². The van der Waals surface area contributed by atoms with E-state index in [0.29, 0.717) is 6.04 Å². The highest BCUT2D eigenvalue weighted by Gasteiger charge is 2.20. The Labute approximate surface area is 128 Å². The number of nitrogens with zero attached hydrogens (tertiary/aromatic N) is 4. The SMILES string of the molecule is OCc1ccc(CSc2nnnn2C2CCCCC2)cc1. The number of rotatable bonds is 5. The van der Waals surface area contributed by atoms with Crippen molar-refractivity contribution in [2.24, 2.45) is 0 Å². The van der Waals surface area contributed by atoms with Crippen LogP contribution in [0.5, 0.6) is 0 Å². The monoisotopic (exact) mass is 304 g/mol. The standard InChI is InChI=1S/C15H20N4OS/c20-10-12-6-8-13(9-7-12)11-21-15-16-17-18-19(15)14-4-2-1-3-5-14/h6-9,14,20H,1-5,10-11H2. The van der Waals surface area contributed by atoms with Crippen LogP contribution in [0.15, 0.2) is 29.4 Å². The largest absolute Gasteiger partial charge is 0.392 e. The number of hydrogen-bond acceptors (Lipinski definition) is 5. The second-order valence-corrected chi connectivity index (χ2v) is 6.40. The van der Waals surface area contributed by atoms with Gasteiger partial charge >= 0.3 is 0 Å². The van der Waals surface area contributed by atoms with E-state index >= 15 is 0 Å². The lowest BCUT2D eigenvalue weighted by molar-refractivity contribution is 0.282. The van der Waals surface area contributed by atoms with Crippen molar-refractivity contribution in [3.63, 3.8) is 0 Å². The molecule has 0 radical (unpaired) electrons. The van der Waals surface area contributed by atoms with E-state index in [1.54, 1.807) is 11.8 Å². The van der Waals surface area contributed by atoms with Crippen LogP contribution in [0.4, 0.5) is 0 Å². The Balaban J connectivity index is 1.63. The van der Waals surface area contributed by atoms with E-state index in [9.17, 15) is 0 Å². The maximum Gasteiger partial charge on any atom is 0.209 e. The summed E-state index contributed by atoms with van der Waals surface area (Å²) in [5.74, 6) is 0.846. The van der Waals surface area contributed by atoms with Crippen molar-refractivity contribution in [3.05, 3.63) is 35.4 Å².